The summed E-state index contributed by atoms with van der Waals surface area (Å²) in [5.41, 5.74) is 0.420. The van der Waals surface area contributed by atoms with Crippen molar-refractivity contribution in [3.63, 3.8) is 0 Å². The van der Waals surface area contributed by atoms with Crippen LogP contribution in [0.15, 0.2) is 18.3 Å². The van der Waals surface area contributed by atoms with Crippen molar-refractivity contribution in [2.24, 2.45) is 7.05 Å². The lowest BCUT2D eigenvalue weighted by molar-refractivity contribution is -0.121. The van der Waals surface area contributed by atoms with Crippen molar-refractivity contribution in [1.29, 1.82) is 0 Å². The van der Waals surface area contributed by atoms with E-state index < -0.39 is 11.8 Å². The molecule has 2 amide bonds. The van der Waals surface area contributed by atoms with Gasteiger partial charge in [0.25, 0.3) is 5.91 Å². The van der Waals surface area contributed by atoms with Crippen LogP contribution in [0.2, 0.25) is 0 Å². The van der Waals surface area contributed by atoms with Gasteiger partial charge in [-0.15, -0.1) is 0 Å². The number of rotatable bonds is 8. The largest absolute Gasteiger partial charge is 0.395 e. The predicted molar refractivity (Wildman–Crippen MR) is 73.3 cm³/mol. The first-order valence-corrected chi connectivity index (χ1v) is 6.36. The highest BCUT2D eigenvalue weighted by Gasteiger charge is 2.15. The Bertz CT molecular complexity index is 445. The fraction of sp³-hybridized carbons (Fsp3) is 0.538. The Morgan fingerprint density at radius 2 is 2.20 bits per heavy atom. The Labute approximate surface area is 118 Å². The lowest BCUT2D eigenvalue weighted by Gasteiger charge is -2.19. The van der Waals surface area contributed by atoms with Crippen molar-refractivity contribution >= 4 is 11.8 Å². The summed E-state index contributed by atoms with van der Waals surface area (Å²) in [5.74, 6) is -0.834. The number of aromatic nitrogens is 1. The third-order valence-electron chi connectivity index (χ3n) is 2.82. The zero-order chi connectivity index (χ0) is 15.0. The molecule has 0 saturated carbocycles. The summed E-state index contributed by atoms with van der Waals surface area (Å²) in [6, 6.07) is 3.37. The summed E-state index contributed by atoms with van der Waals surface area (Å²) in [4.78, 5) is 25.4. The molecule has 7 heteroatoms. The van der Waals surface area contributed by atoms with E-state index in [0.717, 1.165) is 0 Å². The number of ether oxygens (including phenoxy) is 1. The Hall–Kier alpha value is -1.70. The van der Waals surface area contributed by atoms with E-state index in [1.54, 1.807) is 42.0 Å². The van der Waals surface area contributed by atoms with E-state index in [1.807, 2.05) is 0 Å². The van der Waals surface area contributed by atoms with Crippen molar-refractivity contribution < 1.29 is 19.4 Å². The number of imide groups is 1. The molecule has 0 aromatic carbocycles. The van der Waals surface area contributed by atoms with Gasteiger partial charge in [0, 0.05) is 33.4 Å². The van der Waals surface area contributed by atoms with E-state index in [4.69, 9.17) is 9.84 Å². The van der Waals surface area contributed by atoms with Crippen LogP contribution in [0.25, 0.3) is 0 Å². The van der Waals surface area contributed by atoms with E-state index in [9.17, 15) is 9.59 Å². The molecule has 7 nitrogen and oxygen atoms in total. The molecule has 1 aromatic heterocycles. The molecule has 0 aliphatic rings. The number of carbonyl (C=O) groups excluding carboxylic acids is 2. The highest BCUT2D eigenvalue weighted by atomic mass is 16.5. The van der Waals surface area contributed by atoms with E-state index in [0.29, 0.717) is 25.4 Å². The molecule has 0 spiro atoms. The summed E-state index contributed by atoms with van der Waals surface area (Å²) < 4.78 is 6.57. The Morgan fingerprint density at radius 1 is 1.45 bits per heavy atom. The zero-order valence-electron chi connectivity index (χ0n) is 11.8. The van der Waals surface area contributed by atoms with Gasteiger partial charge in [-0.2, -0.15) is 0 Å². The smallest absolute Gasteiger partial charge is 0.274 e. The SMILES string of the molecule is COCCN(CCO)CC(=O)NC(=O)c1cccn1C. The molecule has 2 N–H and O–H groups in total. The van der Waals surface area contributed by atoms with Crippen molar-refractivity contribution in [3.8, 4) is 0 Å². The summed E-state index contributed by atoms with van der Waals surface area (Å²) in [6.45, 7) is 1.32. The molecule has 0 bridgehead atoms. The minimum Gasteiger partial charge on any atom is -0.395 e. The third-order valence-corrected chi connectivity index (χ3v) is 2.82. The zero-order valence-corrected chi connectivity index (χ0v) is 11.8. The second-order valence-corrected chi connectivity index (χ2v) is 4.37. The number of hydrogen-bond acceptors (Lipinski definition) is 5. The van der Waals surface area contributed by atoms with Crippen LogP contribution in [-0.2, 0) is 16.6 Å². The van der Waals surface area contributed by atoms with Crippen molar-refractivity contribution in [2.45, 2.75) is 0 Å². The van der Waals surface area contributed by atoms with Crippen molar-refractivity contribution in [1.82, 2.24) is 14.8 Å². The van der Waals surface area contributed by atoms with Gasteiger partial charge >= 0.3 is 0 Å². The summed E-state index contributed by atoms with van der Waals surface area (Å²) >= 11 is 0. The van der Waals surface area contributed by atoms with Gasteiger partial charge in [-0.25, -0.2) is 0 Å². The second kappa shape index (κ2) is 8.47. The first-order chi connectivity index (χ1) is 9.58. The molecule has 20 heavy (non-hydrogen) atoms. The average Bonchev–Trinajstić information content (AvgIpc) is 2.82. The summed E-state index contributed by atoms with van der Waals surface area (Å²) in [7, 11) is 3.30. The number of aliphatic hydroxyl groups excluding tert-OH is 1. The van der Waals surface area contributed by atoms with Gasteiger partial charge in [0.05, 0.1) is 19.8 Å². The maximum Gasteiger partial charge on any atom is 0.274 e. The van der Waals surface area contributed by atoms with Gasteiger partial charge in [-0.1, -0.05) is 0 Å². The number of methoxy groups -OCH3 is 1. The number of aryl methyl sites for hydroxylation is 1. The number of hydrogen-bond donors (Lipinski definition) is 2. The van der Waals surface area contributed by atoms with Crippen LogP contribution < -0.4 is 5.32 Å². The summed E-state index contributed by atoms with van der Waals surface area (Å²) in [6.07, 6.45) is 1.73. The van der Waals surface area contributed by atoms with Crippen LogP contribution in [0.5, 0.6) is 0 Å². The van der Waals surface area contributed by atoms with Gasteiger partial charge in [0.15, 0.2) is 0 Å². The highest BCUT2D eigenvalue weighted by molar-refractivity contribution is 6.04. The van der Waals surface area contributed by atoms with E-state index in [2.05, 4.69) is 5.32 Å². The quantitative estimate of drug-likeness (QED) is 0.654. The minimum atomic E-state index is -0.432. The number of aliphatic hydroxyl groups is 1. The first-order valence-electron chi connectivity index (χ1n) is 6.36. The molecule has 0 atom stereocenters. The number of nitrogens with zero attached hydrogens (tertiary/aromatic N) is 2. The molecule has 112 valence electrons. The number of amides is 2. The molecule has 0 fully saturated rings. The van der Waals surface area contributed by atoms with Gasteiger partial charge in [-0.05, 0) is 12.1 Å². The Kier molecular flexibility index (Phi) is 6.92. The molecular weight excluding hydrogens is 262 g/mol. The lowest BCUT2D eigenvalue weighted by Crippen LogP contribution is -2.42. The fourth-order valence-corrected chi connectivity index (χ4v) is 1.76. The monoisotopic (exact) mass is 283 g/mol. The third kappa shape index (κ3) is 5.12. The van der Waals surface area contributed by atoms with Crippen LogP contribution in [0, 0.1) is 0 Å². The summed E-state index contributed by atoms with van der Waals surface area (Å²) in [5, 5.41) is 11.3. The van der Waals surface area contributed by atoms with Crippen LogP contribution >= 0.6 is 0 Å². The van der Waals surface area contributed by atoms with Gasteiger partial charge in [0.1, 0.15) is 5.69 Å². The Morgan fingerprint density at radius 3 is 2.75 bits per heavy atom. The maximum absolute atomic E-state index is 11.8. The molecule has 0 unspecified atom stereocenters. The van der Waals surface area contributed by atoms with Crippen molar-refractivity contribution in [2.75, 3.05) is 40.0 Å². The Balaban J connectivity index is 2.48. The fourth-order valence-electron chi connectivity index (χ4n) is 1.76. The molecule has 0 radical (unpaired) electrons. The average molecular weight is 283 g/mol. The predicted octanol–water partition coefficient (Wildman–Crippen LogP) is -0.778. The normalized spacial score (nSPS) is 10.8. The highest BCUT2D eigenvalue weighted by Crippen LogP contribution is 1.99. The van der Waals surface area contributed by atoms with E-state index >= 15 is 0 Å². The molecular formula is C13H21N3O4. The van der Waals surface area contributed by atoms with Gasteiger partial charge < -0.3 is 14.4 Å². The first kappa shape index (κ1) is 16.4. The molecule has 1 aromatic rings. The van der Waals surface area contributed by atoms with Crippen LogP contribution in [0.3, 0.4) is 0 Å². The second-order valence-electron chi connectivity index (χ2n) is 4.37. The van der Waals surface area contributed by atoms with Gasteiger partial charge in [-0.3, -0.25) is 19.8 Å². The molecule has 0 aliphatic carbocycles. The molecule has 1 rings (SSSR count). The molecule has 0 saturated heterocycles. The van der Waals surface area contributed by atoms with E-state index in [1.165, 1.54) is 0 Å². The standard InChI is InChI=1S/C13H21N3O4/c1-15-5-3-4-11(15)13(19)14-12(18)10-16(6-8-17)7-9-20-2/h3-5,17H,6-10H2,1-2H3,(H,14,18,19). The topological polar surface area (TPSA) is 83.8 Å². The lowest BCUT2D eigenvalue weighted by atomic mass is 10.3. The van der Waals surface area contributed by atoms with Crippen molar-refractivity contribution in [3.05, 3.63) is 24.0 Å². The van der Waals surface area contributed by atoms with Gasteiger partial charge in [0.2, 0.25) is 5.91 Å². The minimum absolute atomic E-state index is 0.0417. The van der Waals surface area contributed by atoms with E-state index in [-0.39, 0.29) is 13.2 Å². The van der Waals surface area contributed by atoms with Crippen LogP contribution in [-0.4, -0.2) is 66.3 Å². The van der Waals surface area contributed by atoms with Crippen LogP contribution in [0.1, 0.15) is 10.5 Å². The molecule has 0 aliphatic heterocycles. The number of nitrogens with one attached hydrogen (secondary N) is 1. The molecule has 1 heterocycles. The number of carbonyl (C=O) groups is 2. The van der Waals surface area contributed by atoms with Crippen LogP contribution in [0.4, 0.5) is 0 Å². The maximum atomic E-state index is 11.8.